The second kappa shape index (κ2) is 9.37. The number of aryl methyl sites for hydroxylation is 1. The quantitative estimate of drug-likeness (QED) is 0.420. The first-order valence-corrected chi connectivity index (χ1v) is 11.5. The maximum atomic E-state index is 14.5. The topological polar surface area (TPSA) is 49.3 Å². The van der Waals surface area contributed by atoms with Crippen LogP contribution in [0.4, 0.5) is 0 Å². The molecule has 0 aliphatic heterocycles. The molecule has 0 fully saturated rings. The lowest BCUT2D eigenvalue weighted by Gasteiger charge is -2.32. The molecule has 2 atom stereocenters. The van der Waals surface area contributed by atoms with Gasteiger partial charge in [0.05, 0.1) is 6.61 Å². The molecule has 29 heavy (non-hydrogen) atoms. The van der Waals surface area contributed by atoms with E-state index in [1.807, 2.05) is 98.8 Å². The maximum absolute atomic E-state index is 14.5. The summed E-state index contributed by atoms with van der Waals surface area (Å²) in [5.41, 5.74) is 2.97. The van der Waals surface area contributed by atoms with Crippen LogP contribution in [0.2, 0.25) is 0 Å². The fraction of sp³-hybridized carbons (Fsp3) is 0.200. The lowest BCUT2D eigenvalue weighted by atomic mass is 9.89. The molecule has 0 bridgehead atoms. The van der Waals surface area contributed by atoms with E-state index in [9.17, 15) is 9.67 Å². The molecule has 0 amide bonds. The summed E-state index contributed by atoms with van der Waals surface area (Å²) in [6.45, 7) is 7.93. The predicted octanol–water partition coefficient (Wildman–Crippen LogP) is 4.74. The minimum absolute atomic E-state index is 0.0789. The van der Waals surface area contributed by atoms with Gasteiger partial charge in [-0.2, -0.15) is 0 Å². The SMILES string of the molecule is C=C(C)C(CO)C(NP(=O)(c1ccccc1)c1ccccc1)c1ccc(C)cc1. The third kappa shape index (κ3) is 4.76. The van der Waals surface area contributed by atoms with Crippen LogP contribution in [-0.4, -0.2) is 11.7 Å². The Labute approximate surface area is 173 Å². The Kier molecular flexibility index (Phi) is 6.87. The Morgan fingerprint density at radius 2 is 1.41 bits per heavy atom. The van der Waals surface area contributed by atoms with Gasteiger partial charge in [-0.3, -0.25) is 9.65 Å². The van der Waals surface area contributed by atoms with Gasteiger partial charge < -0.3 is 5.11 Å². The maximum Gasteiger partial charge on any atom is 0.205 e. The monoisotopic (exact) mass is 405 g/mol. The predicted molar refractivity (Wildman–Crippen MR) is 122 cm³/mol. The number of nitrogens with one attached hydrogen (secondary N) is 1. The number of hydrogen-bond acceptors (Lipinski definition) is 2. The molecule has 0 saturated carbocycles. The molecule has 0 radical (unpaired) electrons. The van der Waals surface area contributed by atoms with Crippen LogP contribution in [0.25, 0.3) is 0 Å². The number of hydrogen-bond donors (Lipinski definition) is 2. The summed E-state index contributed by atoms with van der Waals surface area (Å²) in [5, 5.41) is 15.1. The third-order valence-electron chi connectivity index (χ3n) is 5.23. The van der Waals surface area contributed by atoms with Crippen molar-refractivity contribution in [3.8, 4) is 0 Å². The van der Waals surface area contributed by atoms with E-state index in [1.165, 1.54) is 0 Å². The Bertz CT molecular complexity index is 941. The highest BCUT2D eigenvalue weighted by atomic mass is 31.2. The summed E-state index contributed by atoms with van der Waals surface area (Å²) < 4.78 is 14.5. The van der Waals surface area contributed by atoms with E-state index in [4.69, 9.17) is 0 Å². The largest absolute Gasteiger partial charge is 0.396 e. The van der Waals surface area contributed by atoms with Gasteiger partial charge in [0.15, 0.2) is 0 Å². The normalized spacial score (nSPS) is 13.6. The van der Waals surface area contributed by atoms with Gasteiger partial charge in [0.1, 0.15) is 0 Å². The Balaban J connectivity index is 2.14. The van der Waals surface area contributed by atoms with Crippen LogP contribution in [-0.2, 0) is 4.57 Å². The average Bonchev–Trinajstić information content (AvgIpc) is 2.75. The molecule has 0 aliphatic carbocycles. The van der Waals surface area contributed by atoms with Crippen molar-refractivity contribution in [3.63, 3.8) is 0 Å². The van der Waals surface area contributed by atoms with Crippen molar-refractivity contribution in [1.82, 2.24) is 5.09 Å². The first-order valence-electron chi connectivity index (χ1n) is 9.77. The van der Waals surface area contributed by atoms with Crippen molar-refractivity contribution in [2.75, 3.05) is 6.61 Å². The molecule has 0 saturated heterocycles. The fourth-order valence-electron chi connectivity index (χ4n) is 3.49. The van der Waals surface area contributed by atoms with Gasteiger partial charge in [-0.25, -0.2) is 0 Å². The summed E-state index contributed by atoms with van der Waals surface area (Å²) in [6, 6.07) is 26.8. The highest BCUT2D eigenvalue weighted by molar-refractivity contribution is 7.76. The van der Waals surface area contributed by atoms with E-state index in [1.54, 1.807) is 0 Å². The molecular formula is C25H28NO2P. The summed E-state index contributed by atoms with van der Waals surface area (Å²) >= 11 is 0. The Hall–Kier alpha value is -2.45. The van der Waals surface area contributed by atoms with E-state index in [-0.39, 0.29) is 18.6 Å². The van der Waals surface area contributed by atoms with E-state index >= 15 is 0 Å². The number of rotatable bonds is 8. The van der Waals surface area contributed by atoms with Gasteiger partial charge in [0.2, 0.25) is 7.29 Å². The average molecular weight is 405 g/mol. The van der Waals surface area contributed by atoms with Crippen LogP contribution in [0.1, 0.15) is 24.1 Å². The highest BCUT2D eigenvalue weighted by Crippen LogP contribution is 2.44. The van der Waals surface area contributed by atoms with E-state index in [2.05, 4.69) is 11.7 Å². The van der Waals surface area contributed by atoms with Crippen molar-refractivity contribution < 1.29 is 9.67 Å². The van der Waals surface area contributed by atoms with Gasteiger partial charge in [-0.15, -0.1) is 0 Å². The molecule has 3 nitrogen and oxygen atoms in total. The molecule has 0 aromatic heterocycles. The zero-order valence-corrected chi connectivity index (χ0v) is 17.8. The van der Waals surface area contributed by atoms with E-state index < -0.39 is 7.29 Å². The van der Waals surface area contributed by atoms with Crippen LogP contribution in [0.5, 0.6) is 0 Å². The third-order valence-corrected chi connectivity index (χ3v) is 7.92. The minimum atomic E-state index is -3.17. The molecular weight excluding hydrogens is 377 g/mol. The first kappa shape index (κ1) is 21.3. The zero-order chi connectivity index (χ0) is 20.9. The van der Waals surface area contributed by atoms with Crippen LogP contribution >= 0.6 is 7.29 Å². The molecule has 0 spiro atoms. The van der Waals surface area contributed by atoms with Crippen molar-refractivity contribution >= 4 is 17.9 Å². The van der Waals surface area contributed by atoms with E-state index in [0.29, 0.717) is 0 Å². The van der Waals surface area contributed by atoms with Crippen molar-refractivity contribution in [3.05, 3.63) is 108 Å². The molecule has 0 heterocycles. The summed E-state index contributed by atoms with van der Waals surface area (Å²) in [4.78, 5) is 0. The van der Waals surface area contributed by atoms with Gasteiger partial charge in [0.25, 0.3) is 0 Å². The molecule has 3 aromatic rings. The number of aliphatic hydroxyl groups is 1. The van der Waals surface area contributed by atoms with Gasteiger partial charge in [-0.05, 0) is 43.7 Å². The van der Waals surface area contributed by atoms with Crippen LogP contribution in [0.3, 0.4) is 0 Å². The number of benzene rings is 3. The van der Waals surface area contributed by atoms with Gasteiger partial charge >= 0.3 is 0 Å². The summed E-state index contributed by atoms with van der Waals surface area (Å²) in [7, 11) is -3.17. The van der Waals surface area contributed by atoms with Crippen molar-refractivity contribution in [1.29, 1.82) is 0 Å². The molecule has 2 unspecified atom stereocenters. The fourth-order valence-corrected chi connectivity index (χ4v) is 5.99. The molecule has 150 valence electrons. The van der Waals surface area contributed by atoms with Crippen LogP contribution < -0.4 is 15.7 Å². The van der Waals surface area contributed by atoms with Crippen LogP contribution in [0, 0.1) is 12.8 Å². The standard InChI is InChI=1S/C25H28NO2P/c1-19(2)24(18-27)25(21-16-14-20(3)15-17-21)26-29(28,22-10-6-4-7-11-22)23-12-8-5-9-13-23/h4-17,24-25,27H,1,18H2,2-3H3,(H,26,28). The lowest BCUT2D eigenvalue weighted by Crippen LogP contribution is -2.35. The summed E-state index contributed by atoms with van der Waals surface area (Å²) in [5.74, 6) is -0.265. The molecule has 2 N–H and O–H groups in total. The number of aliphatic hydroxyl groups excluding tert-OH is 1. The molecule has 3 aromatic carbocycles. The van der Waals surface area contributed by atoms with E-state index in [0.717, 1.165) is 27.3 Å². The molecule has 3 rings (SSSR count). The van der Waals surface area contributed by atoms with Gasteiger partial charge in [-0.1, -0.05) is 78.4 Å². The first-order chi connectivity index (χ1) is 14.0. The second-order valence-electron chi connectivity index (χ2n) is 7.43. The van der Waals surface area contributed by atoms with Crippen LogP contribution in [0.15, 0.2) is 97.1 Å². The van der Waals surface area contributed by atoms with Crippen molar-refractivity contribution in [2.45, 2.75) is 19.9 Å². The smallest absolute Gasteiger partial charge is 0.205 e. The second-order valence-corrected chi connectivity index (χ2v) is 9.94. The Morgan fingerprint density at radius 3 is 1.83 bits per heavy atom. The lowest BCUT2D eigenvalue weighted by molar-refractivity contribution is 0.222. The van der Waals surface area contributed by atoms with Crippen molar-refractivity contribution in [2.24, 2.45) is 5.92 Å². The molecule has 0 aliphatic rings. The van der Waals surface area contributed by atoms with Gasteiger partial charge in [0, 0.05) is 22.6 Å². The minimum Gasteiger partial charge on any atom is -0.396 e. The Morgan fingerprint density at radius 1 is 0.931 bits per heavy atom. The highest BCUT2D eigenvalue weighted by Gasteiger charge is 2.34. The summed E-state index contributed by atoms with van der Waals surface area (Å²) in [6.07, 6.45) is 0. The molecule has 4 heteroatoms. The zero-order valence-electron chi connectivity index (χ0n) is 17.0.